The molecule has 2 heterocycles. The van der Waals surface area contributed by atoms with E-state index in [9.17, 15) is 4.79 Å². The zero-order valence-corrected chi connectivity index (χ0v) is 6.64. The maximum Gasteiger partial charge on any atom is 0.336 e. The Hall–Kier alpha value is -1.97. The Bertz CT molecular complexity index is 463. The highest BCUT2D eigenvalue weighted by molar-refractivity contribution is 6.01. The molecule has 0 amide bonds. The summed E-state index contributed by atoms with van der Waals surface area (Å²) in [5.74, 6) is -0.946. The normalized spacial score (nSPS) is 10.2. The number of pyridine rings is 2. The molecule has 64 valence electrons. The van der Waals surface area contributed by atoms with Gasteiger partial charge in [0.15, 0.2) is 0 Å². The first-order valence-corrected chi connectivity index (χ1v) is 3.71. The second-order valence-electron chi connectivity index (χ2n) is 2.56. The van der Waals surface area contributed by atoms with Crippen molar-refractivity contribution in [3.63, 3.8) is 0 Å². The van der Waals surface area contributed by atoms with Gasteiger partial charge < -0.3 is 5.11 Å². The van der Waals surface area contributed by atoms with Crippen LogP contribution in [0.25, 0.3) is 10.9 Å². The molecule has 2 rings (SSSR count). The topological polar surface area (TPSA) is 63.1 Å². The minimum absolute atomic E-state index is 0.257. The fourth-order valence-electron chi connectivity index (χ4n) is 1.19. The average Bonchev–Trinajstić information content (AvgIpc) is 2.17. The van der Waals surface area contributed by atoms with E-state index in [1.165, 1.54) is 12.3 Å². The molecule has 0 aliphatic rings. The van der Waals surface area contributed by atoms with Crippen molar-refractivity contribution >= 4 is 16.9 Å². The maximum absolute atomic E-state index is 10.8. The summed E-state index contributed by atoms with van der Waals surface area (Å²) in [4.78, 5) is 18.6. The molecule has 1 N–H and O–H groups in total. The molecule has 2 aromatic rings. The van der Waals surface area contributed by atoms with Crippen LogP contribution < -0.4 is 0 Å². The summed E-state index contributed by atoms with van der Waals surface area (Å²) in [6, 6.07) is 3.12. The second-order valence-corrected chi connectivity index (χ2v) is 2.56. The number of aromatic nitrogens is 2. The van der Waals surface area contributed by atoms with E-state index in [4.69, 9.17) is 5.11 Å². The molecular formula is C9H6N2O2. The van der Waals surface area contributed by atoms with Crippen LogP contribution in [0.5, 0.6) is 0 Å². The standard InChI is InChI=1S/C9H6N2O2/c12-9(13)7-2-4-11-8-5-10-3-1-6(7)8/h1-5H,(H,12,13). The van der Waals surface area contributed by atoms with Crippen molar-refractivity contribution < 1.29 is 9.90 Å². The number of nitrogens with zero attached hydrogens (tertiary/aromatic N) is 2. The zero-order chi connectivity index (χ0) is 9.26. The smallest absolute Gasteiger partial charge is 0.336 e. The van der Waals surface area contributed by atoms with Crippen molar-refractivity contribution in [2.45, 2.75) is 0 Å². The fraction of sp³-hybridized carbons (Fsp3) is 0. The van der Waals surface area contributed by atoms with E-state index in [1.807, 2.05) is 0 Å². The van der Waals surface area contributed by atoms with Crippen LogP contribution in [0.15, 0.2) is 30.7 Å². The van der Waals surface area contributed by atoms with Gasteiger partial charge in [0.2, 0.25) is 0 Å². The minimum atomic E-state index is -0.946. The highest BCUT2D eigenvalue weighted by atomic mass is 16.4. The van der Waals surface area contributed by atoms with Gasteiger partial charge in [-0.3, -0.25) is 9.97 Å². The molecule has 0 unspecified atom stereocenters. The van der Waals surface area contributed by atoms with Gasteiger partial charge in [-0.2, -0.15) is 0 Å². The Morgan fingerprint density at radius 2 is 2.15 bits per heavy atom. The molecule has 0 bridgehead atoms. The van der Waals surface area contributed by atoms with E-state index in [1.54, 1.807) is 18.5 Å². The summed E-state index contributed by atoms with van der Waals surface area (Å²) < 4.78 is 0. The summed E-state index contributed by atoms with van der Waals surface area (Å²) in [6.45, 7) is 0. The molecule has 4 nitrogen and oxygen atoms in total. The lowest BCUT2D eigenvalue weighted by atomic mass is 10.1. The predicted octanol–water partition coefficient (Wildman–Crippen LogP) is 1.33. The van der Waals surface area contributed by atoms with Crippen LogP contribution >= 0.6 is 0 Å². The van der Waals surface area contributed by atoms with Gasteiger partial charge in [0.05, 0.1) is 17.3 Å². The molecule has 0 radical (unpaired) electrons. The number of hydrogen-bond donors (Lipinski definition) is 1. The van der Waals surface area contributed by atoms with E-state index in [0.717, 1.165) is 0 Å². The number of aromatic carboxylic acids is 1. The van der Waals surface area contributed by atoms with Crippen LogP contribution in [0, 0.1) is 0 Å². The Labute approximate surface area is 73.9 Å². The first-order valence-electron chi connectivity index (χ1n) is 3.71. The van der Waals surface area contributed by atoms with Crippen molar-refractivity contribution in [3.8, 4) is 0 Å². The summed E-state index contributed by atoms with van der Waals surface area (Å²) >= 11 is 0. The van der Waals surface area contributed by atoms with Crippen molar-refractivity contribution in [2.24, 2.45) is 0 Å². The highest BCUT2D eigenvalue weighted by Gasteiger charge is 2.07. The summed E-state index contributed by atoms with van der Waals surface area (Å²) in [7, 11) is 0. The van der Waals surface area contributed by atoms with Gasteiger partial charge in [0, 0.05) is 17.8 Å². The average molecular weight is 174 g/mol. The van der Waals surface area contributed by atoms with Gasteiger partial charge >= 0.3 is 5.97 Å². The summed E-state index contributed by atoms with van der Waals surface area (Å²) in [5.41, 5.74) is 0.856. The minimum Gasteiger partial charge on any atom is -0.478 e. The number of rotatable bonds is 1. The largest absolute Gasteiger partial charge is 0.478 e. The van der Waals surface area contributed by atoms with E-state index in [-0.39, 0.29) is 5.56 Å². The quantitative estimate of drug-likeness (QED) is 0.708. The molecular weight excluding hydrogens is 168 g/mol. The van der Waals surface area contributed by atoms with E-state index in [2.05, 4.69) is 9.97 Å². The predicted molar refractivity (Wildman–Crippen MR) is 46.5 cm³/mol. The van der Waals surface area contributed by atoms with Crippen molar-refractivity contribution in [1.82, 2.24) is 9.97 Å². The monoisotopic (exact) mass is 174 g/mol. The number of carboxylic acid groups (broad SMARTS) is 1. The number of carboxylic acids is 1. The molecule has 4 heteroatoms. The zero-order valence-electron chi connectivity index (χ0n) is 6.64. The fourth-order valence-corrected chi connectivity index (χ4v) is 1.19. The lowest BCUT2D eigenvalue weighted by Gasteiger charge is -1.98. The molecule has 2 aromatic heterocycles. The van der Waals surface area contributed by atoms with Crippen molar-refractivity contribution in [2.75, 3.05) is 0 Å². The van der Waals surface area contributed by atoms with Crippen molar-refractivity contribution in [3.05, 3.63) is 36.3 Å². The third-order valence-corrected chi connectivity index (χ3v) is 1.78. The van der Waals surface area contributed by atoms with Crippen LogP contribution in [0.2, 0.25) is 0 Å². The van der Waals surface area contributed by atoms with Crippen LogP contribution in [0.1, 0.15) is 10.4 Å². The Morgan fingerprint density at radius 1 is 1.31 bits per heavy atom. The molecule has 0 aliphatic carbocycles. The van der Waals surface area contributed by atoms with Gasteiger partial charge in [-0.1, -0.05) is 0 Å². The highest BCUT2D eigenvalue weighted by Crippen LogP contribution is 2.14. The molecule has 0 aliphatic heterocycles. The van der Waals surface area contributed by atoms with E-state index in [0.29, 0.717) is 10.9 Å². The Kier molecular flexibility index (Phi) is 1.66. The van der Waals surface area contributed by atoms with Gasteiger partial charge in [-0.05, 0) is 12.1 Å². The number of carbonyl (C=O) groups is 1. The third-order valence-electron chi connectivity index (χ3n) is 1.78. The summed E-state index contributed by atoms with van der Waals surface area (Å²) in [5, 5.41) is 9.45. The van der Waals surface area contributed by atoms with Gasteiger partial charge in [0.1, 0.15) is 0 Å². The van der Waals surface area contributed by atoms with E-state index >= 15 is 0 Å². The molecule has 0 saturated carbocycles. The second kappa shape index (κ2) is 2.82. The van der Waals surface area contributed by atoms with Crippen LogP contribution in [0.4, 0.5) is 0 Å². The first-order chi connectivity index (χ1) is 6.29. The SMILES string of the molecule is O=C(O)c1ccnc2cnccc12. The van der Waals surface area contributed by atoms with Crippen LogP contribution in [0.3, 0.4) is 0 Å². The Morgan fingerprint density at radius 3 is 2.92 bits per heavy atom. The maximum atomic E-state index is 10.8. The van der Waals surface area contributed by atoms with Crippen molar-refractivity contribution in [1.29, 1.82) is 0 Å². The molecule has 0 saturated heterocycles. The lowest BCUT2D eigenvalue weighted by Crippen LogP contribution is -1.98. The number of hydrogen-bond acceptors (Lipinski definition) is 3. The molecule has 0 atom stereocenters. The van der Waals surface area contributed by atoms with Crippen LogP contribution in [-0.4, -0.2) is 21.0 Å². The van der Waals surface area contributed by atoms with Gasteiger partial charge in [-0.25, -0.2) is 4.79 Å². The summed E-state index contributed by atoms with van der Waals surface area (Å²) in [6.07, 6.45) is 4.56. The number of fused-ring (bicyclic) bond motifs is 1. The Balaban J connectivity index is 2.83. The first kappa shape index (κ1) is 7.67. The van der Waals surface area contributed by atoms with Gasteiger partial charge in [0.25, 0.3) is 0 Å². The molecule has 0 spiro atoms. The molecule has 0 aromatic carbocycles. The van der Waals surface area contributed by atoms with E-state index < -0.39 is 5.97 Å². The lowest BCUT2D eigenvalue weighted by molar-refractivity contribution is 0.0699. The van der Waals surface area contributed by atoms with Crippen LogP contribution in [-0.2, 0) is 0 Å². The van der Waals surface area contributed by atoms with Gasteiger partial charge in [-0.15, -0.1) is 0 Å². The molecule has 0 fully saturated rings. The third kappa shape index (κ3) is 1.22. The molecule has 13 heavy (non-hydrogen) atoms.